The van der Waals surface area contributed by atoms with E-state index in [-0.39, 0.29) is 63.8 Å². The second-order valence-corrected chi connectivity index (χ2v) is 8.02. The zero-order valence-electron chi connectivity index (χ0n) is 19.2. The highest BCUT2D eigenvalue weighted by Gasteiger charge is 2.34. The summed E-state index contributed by atoms with van der Waals surface area (Å²) in [6.45, 7) is -0.143. The van der Waals surface area contributed by atoms with Crippen LogP contribution in [0.2, 0.25) is 0 Å². The van der Waals surface area contributed by atoms with Crippen LogP contribution in [-0.2, 0) is 9.53 Å². The number of ether oxygens (including phenoxy) is 2. The Morgan fingerprint density at radius 3 is 2.61 bits per heavy atom. The third-order valence-corrected chi connectivity index (χ3v) is 5.54. The number of cyclic esters (lactones) is 1. The predicted octanol–water partition coefficient (Wildman–Crippen LogP) is 2.53. The van der Waals surface area contributed by atoms with Crippen molar-refractivity contribution in [2.75, 3.05) is 49.1 Å². The van der Waals surface area contributed by atoms with Crippen molar-refractivity contribution in [1.82, 2.24) is 20.7 Å². The van der Waals surface area contributed by atoms with E-state index in [1.807, 2.05) is 5.32 Å². The van der Waals surface area contributed by atoms with E-state index in [4.69, 9.17) is 9.47 Å². The van der Waals surface area contributed by atoms with Gasteiger partial charge in [0.15, 0.2) is 17.4 Å². The Morgan fingerprint density at radius 1 is 1.21 bits per heavy atom. The fourth-order valence-corrected chi connectivity index (χ4v) is 3.81. The van der Waals surface area contributed by atoms with E-state index in [2.05, 4.69) is 10.4 Å². The van der Waals surface area contributed by atoms with Crippen LogP contribution in [-0.4, -0.2) is 79.9 Å². The van der Waals surface area contributed by atoms with Gasteiger partial charge >= 0.3 is 18.6 Å². The predicted molar refractivity (Wildman–Crippen MR) is 127 cm³/mol. The van der Waals surface area contributed by atoms with Gasteiger partial charge in [0, 0.05) is 38.0 Å². The van der Waals surface area contributed by atoms with Gasteiger partial charge in [-0.25, -0.2) is 28.8 Å². The first-order valence-electron chi connectivity index (χ1n) is 11.1. The van der Waals surface area contributed by atoms with E-state index in [0.717, 1.165) is 17.0 Å². The molecular weight excluding hydrogens is 516 g/mol. The van der Waals surface area contributed by atoms with Gasteiger partial charge in [-0.1, -0.05) is 7.43 Å². The molecule has 206 valence electrons. The van der Waals surface area contributed by atoms with E-state index in [0.29, 0.717) is 0 Å². The van der Waals surface area contributed by atoms with Crippen LogP contribution in [0.3, 0.4) is 0 Å². The first-order valence-corrected chi connectivity index (χ1v) is 11.1. The van der Waals surface area contributed by atoms with Crippen molar-refractivity contribution in [2.24, 2.45) is 0 Å². The van der Waals surface area contributed by atoms with Gasteiger partial charge in [0.2, 0.25) is 0 Å². The maximum absolute atomic E-state index is 15.1. The minimum Gasteiger partial charge on any atom is -0.442 e. The van der Waals surface area contributed by atoms with Crippen LogP contribution in [0.25, 0.3) is 0 Å². The molecule has 1 aromatic heterocycles. The third kappa shape index (κ3) is 6.59. The van der Waals surface area contributed by atoms with Gasteiger partial charge in [0.1, 0.15) is 11.8 Å². The highest BCUT2D eigenvalue weighted by atomic mass is 19.3. The average Bonchev–Trinajstić information content (AvgIpc) is 3.07. The zero-order chi connectivity index (χ0) is 26.5. The Hall–Kier alpha value is -4.14. The van der Waals surface area contributed by atoms with Crippen LogP contribution in [0.1, 0.15) is 7.43 Å². The van der Waals surface area contributed by atoms with Crippen molar-refractivity contribution < 1.29 is 41.4 Å². The van der Waals surface area contributed by atoms with Crippen molar-refractivity contribution in [1.29, 1.82) is 0 Å². The van der Waals surface area contributed by atoms with Gasteiger partial charge in [-0.2, -0.15) is 8.78 Å². The molecule has 1 atom stereocenters. The number of alkyl halides is 2. The molecule has 0 saturated carbocycles. The molecule has 0 unspecified atom stereocenters. The number of hydrazine groups is 1. The molecule has 0 bridgehead atoms. The molecule has 0 spiro atoms. The monoisotopic (exact) mass is 542 g/mol. The number of hydrogen-bond acceptors (Lipinski definition) is 8. The summed E-state index contributed by atoms with van der Waals surface area (Å²) in [5, 5.41) is 3.11. The topological polar surface area (TPSA) is 116 Å². The first kappa shape index (κ1) is 28.4. The molecule has 15 heteroatoms. The van der Waals surface area contributed by atoms with Crippen molar-refractivity contribution in [2.45, 2.75) is 20.0 Å². The second kappa shape index (κ2) is 12.4. The molecule has 3 heterocycles. The molecule has 2 aromatic rings. The molecule has 0 radical (unpaired) electrons. The largest absolute Gasteiger partial charge is 0.442 e. The maximum Gasteiger partial charge on any atom is 0.429 e. The van der Waals surface area contributed by atoms with Crippen molar-refractivity contribution in [3.8, 4) is 5.75 Å². The summed E-state index contributed by atoms with van der Waals surface area (Å²) in [4.78, 5) is 41.8. The van der Waals surface area contributed by atoms with Crippen LogP contribution < -0.4 is 25.3 Å². The van der Waals surface area contributed by atoms with Crippen molar-refractivity contribution >= 4 is 29.5 Å². The lowest BCUT2D eigenvalue weighted by Gasteiger charge is -2.25. The molecule has 2 aliphatic rings. The summed E-state index contributed by atoms with van der Waals surface area (Å²) >= 11 is 0. The van der Waals surface area contributed by atoms with Crippen molar-refractivity contribution in [3.05, 3.63) is 48.3 Å². The molecular formula is C23H26F4N6O5. The molecule has 38 heavy (non-hydrogen) atoms. The Bertz CT molecular complexity index is 1140. The number of hydrogen-bond donors (Lipinski definition) is 2. The fourth-order valence-electron chi connectivity index (χ4n) is 3.81. The summed E-state index contributed by atoms with van der Waals surface area (Å²) in [5.41, 5.74) is 2.36. The molecule has 2 aliphatic heterocycles. The number of carbonyl (C=O) groups excluding carboxylic acids is 3. The number of pyridine rings is 1. The van der Waals surface area contributed by atoms with Crippen LogP contribution >= 0.6 is 0 Å². The van der Waals surface area contributed by atoms with E-state index in [1.54, 1.807) is 12.1 Å². The highest BCUT2D eigenvalue weighted by molar-refractivity contribution is 5.90. The normalized spacial score (nSPS) is 17.6. The quantitative estimate of drug-likeness (QED) is 0.536. The third-order valence-electron chi connectivity index (χ3n) is 5.54. The van der Waals surface area contributed by atoms with E-state index in [1.165, 1.54) is 22.3 Å². The molecule has 1 aromatic carbocycles. The highest BCUT2D eigenvalue weighted by Crippen LogP contribution is 2.31. The summed E-state index contributed by atoms with van der Waals surface area (Å²) in [7, 11) is 0. The minimum atomic E-state index is -3.22. The maximum atomic E-state index is 15.1. The molecule has 2 N–H and O–H groups in total. The summed E-state index contributed by atoms with van der Waals surface area (Å²) in [6, 6.07) is 5.06. The molecule has 3 amide bonds. The molecule has 2 saturated heterocycles. The van der Waals surface area contributed by atoms with Gasteiger partial charge in [-0.05, 0) is 12.1 Å². The fraction of sp³-hybridized carbons (Fsp3) is 0.391. The molecule has 11 nitrogen and oxygen atoms in total. The number of rotatable bonds is 6. The number of nitrogens with one attached hydrogen (secondary N) is 2. The summed E-state index contributed by atoms with van der Waals surface area (Å²) in [6.07, 6.45) is -2.96. The Balaban J connectivity index is 0.00000400. The average molecular weight is 542 g/mol. The number of amides is 3. The number of carbonyl (C=O) groups is 3. The number of benzene rings is 1. The lowest BCUT2D eigenvalue weighted by Crippen LogP contribution is -2.45. The van der Waals surface area contributed by atoms with Gasteiger partial charge < -0.3 is 19.7 Å². The van der Waals surface area contributed by atoms with E-state index < -0.39 is 42.3 Å². The number of nitrogens with zero attached hydrogens (tertiary/aromatic N) is 4. The zero-order valence-corrected chi connectivity index (χ0v) is 19.2. The van der Waals surface area contributed by atoms with Crippen molar-refractivity contribution in [3.63, 3.8) is 0 Å². The smallest absolute Gasteiger partial charge is 0.429 e. The lowest BCUT2D eigenvalue weighted by molar-refractivity contribution is -0.132. The summed E-state index contributed by atoms with van der Waals surface area (Å²) in [5.74, 6) is -3.19. The SMILES string of the molecule is C.O=C(NC[C@H]1CN(c2cc(F)c(N3CCNN(C(=O)Oc4cccnc4)CC3)c(F)c2)C(=O)O1)C(F)F. The minimum absolute atomic E-state index is 0. The number of aromatic nitrogens is 1. The van der Waals surface area contributed by atoms with Crippen LogP contribution in [0.5, 0.6) is 5.75 Å². The molecule has 4 rings (SSSR count). The van der Waals surface area contributed by atoms with Gasteiger partial charge in [-0.3, -0.25) is 14.7 Å². The summed E-state index contributed by atoms with van der Waals surface area (Å²) < 4.78 is 65.0. The van der Waals surface area contributed by atoms with Gasteiger partial charge in [-0.15, -0.1) is 0 Å². The standard InChI is InChI=1S/C22H22F4N6O5.CH4/c23-16-8-13(31-12-15(37-21(31)34)11-28-20(33)19(25)26)9-17(24)18(16)30-5-4-29-32(7-6-30)22(35)36-14-2-1-3-27-10-14;/h1-3,8-10,15,19,29H,4-7,11-12H2,(H,28,33);1H4/t15-;/m0./s1. The lowest BCUT2D eigenvalue weighted by atomic mass is 10.2. The first-order chi connectivity index (χ1) is 17.7. The Morgan fingerprint density at radius 2 is 1.95 bits per heavy atom. The molecule has 2 fully saturated rings. The van der Waals surface area contributed by atoms with E-state index >= 15 is 8.78 Å². The Kier molecular flexibility index (Phi) is 9.28. The van der Waals surface area contributed by atoms with Crippen LogP contribution in [0.4, 0.5) is 38.5 Å². The van der Waals surface area contributed by atoms with Crippen LogP contribution in [0.15, 0.2) is 36.7 Å². The number of halogens is 4. The van der Waals surface area contributed by atoms with Gasteiger partial charge in [0.25, 0.3) is 5.91 Å². The van der Waals surface area contributed by atoms with Crippen LogP contribution in [0, 0.1) is 11.6 Å². The Labute approximate surface area is 215 Å². The second-order valence-electron chi connectivity index (χ2n) is 8.02. The number of anilines is 2. The molecule has 0 aliphatic carbocycles. The van der Waals surface area contributed by atoms with E-state index in [9.17, 15) is 23.2 Å². The van der Waals surface area contributed by atoms with Gasteiger partial charge in [0.05, 0.1) is 31.5 Å².